The molecule has 350 valence electrons. The number of aromatic nitrogens is 2. The SMILES string of the molecule is COC(=O)c1ccc(-c2ccc3c(c2)c2cc(-c4ccc(C(=O)OC)cc4)cc4c2n3-c2cccc3c2B4c2cc(-c4ccc(C(=O)OC)cc4)cc4c5cc(-c6ccc(C(=O)OC)cc6)ccc5n-3c24)cc1. The predicted octanol–water partition coefficient (Wildman–Crippen LogP) is 10.8. The minimum atomic E-state index is -0.401. The summed E-state index contributed by atoms with van der Waals surface area (Å²) in [6.07, 6.45) is 0. The van der Waals surface area contributed by atoms with Gasteiger partial charge in [0.15, 0.2) is 0 Å². The number of carbonyl (C=O) groups excluding carboxylic acids is 4. The van der Waals surface area contributed by atoms with Gasteiger partial charge in [0.25, 0.3) is 6.71 Å². The van der Waals surface area contributed by atoms with Gasteiger partial charge in [0.1, 0.15) is 0 Å². The molecule has 0 atom stereocenters. The second kappa shape index (κ2) is 16.6. The molecule has 4 heterocycles. The maximum Gasteiger partial charge on any atom is 0.337 e. The largest absolute Gasteiger partial charge is 0.465 e. The van der Waals surface area contributed by atoms with E-state index in [0.29, 0.717) is 22.3 Å². The van der Waals surface area contributed by atoms with E-state index in [1.165, 1.54) is 33.9 Å². The van der Waals surface area contributed by atoms with E-state index in [1.54, 1.807) is 24.3 Å². The fourth-order valence-electron chi connectivity index (χ4n) is 11.4. The third-order valence-corrected chi connectivity index (χ3v) is 14.8. The molecule has 2 aliphatic rings. The highest BCUT2D eigenvalue weighted by atomic mass is 16.5. The lowest BCUT2D eigenvalue weighted by molar-refractivity contribution is 0.0592. The van der Waals surface area contributed by atoms with Crippen LogP contribution in [0.1, 0.15) is 41.4 Å². The van der Waals surface area contributed by atoms with Crippen molar-refractivity contribution >= 4 is 90.6 Å². The maximum absolute atomic E-state index is 12.6. The van der Waals surface area contributed by atoms with Crippen molar-refractivity contribution in [2.24, 2.45) is 0 Å². The first-order valence-electron chi connectivity index (χ1n) is 23.8. The van der Waals surface area contributed by atoms with E-state index in [1.807, 2.05) is 72.8 Å². The molecule has 0 radical (unpaired) electrons. The highest BCUT2D eigenvalue weighted by molar-refractivity contribution is 7.00. The summed E-state index contributed by atoms with van der Waals surface area (Å²) in [6, 6.07) is 59.1. The van der Waals surface area contributed by atoms with Crippen LogP contribution in [0.4, 0.5) is 0 Å². The van der Waals surface area contributed by atoms with Crippen LogP contribution < -0.4 is 16.4 Å². The molecule has 0 aliphatic carbocycles. The first-order chi connectivity index (χ1) is 35.7. The van der Waals surface area contributed by atoms with Crippen molar-refractivity contribution in [3.8, 4) is 55.9 Å². The number of nitrogens with zero attached hydrogens (tertiary/aromatic N) is 2. The minimum absolute atomic E-state index is 0.232. The second-order valence-corrected chi connectivity index (χ2v) is 18.5. The van der Waals surface area contributed by atoms with Gasteiger partial charge in [-0.3, -0.25) is 0 Å². The zero-order valence-corrected chi connectivity index (χ0v) is 40.0. The van der Waals surface area contributed by atoms with Gasteiger partial charge in [-0.25, -0.2) is 19.2 Å². The molecule has 0 unspecified atom stereocenters. The van der Waals surface area contributed by atoms with Crippen molar-refractivity contribution in [1.29, 1.82) is 0 Å². The van der Waals surface area contributed by atoms with Crippen molar-refractivity contribution in [2.45, 2.75) is 0 Å². The monoisotopic (exact) mass is 952 g/mol. The number of methoxy groups -OCH3 is 4. The molecule has 0 amide bonds. The van der Waals surface area contributed by atoms with Gasteiger partial charge in [0, 0.05) is 44.0 Å². The Balaban J connectivity index is 1.10. The van der Waals surface area contributed by atoms with Gasteiger partial charge < -0.3 is 28.1 Å². The number of hydrogen-bond acceptors (Lipinski definition) is 8. The Morgan fingerprint density at radius 1 is 0.342 bits per heavy atom. The average molecular weight is 953 g/mol. The number of ether oxygens (including phenoxy) is 4. The molecule has 13 rings (SSSR count). The van der Waals surface area contributed by atoms with Crippen molar-refractivity contribution < 1.29 is 38.1 Å². The number of carbonyl (C=O) groups is 4. The molecule has 10 nitrogen and oxygen atoms in total. The van der Waals surface area contributed by atoms with Gasteiger partial charge in [0.05, 0.1) is 61.7 Å². The van der Waals surface area contributed by atoms with E-state index >= 15 is 0 Å². The molecule has 0 spiro atoms. The zero-order chi connectivity index (χ0) is 49.8. The van der Waals surface area contributed by atoms with Crippen molar-refractivity contribution in [1.82, 2.24) is 9.13 Å². The number of rotatable bonds is 8. The molecule has 2 aromatic heterocycles. The summed E-state index contributed by atoms with van der Waals surface area (Å²) in [6.45, 7) is -0.232. The first kappa shape index (κ1) is 43.5. The summed E-state index contributed by atoms with van der Waals surface area (Å²) in [4.78, 5) is 50.1. The smallest absolute Gasteiger partial charge is 0.337 e. The van der Waals surface area contributed by atoms with Crippen LogP contribution in [0.2, 0.25) is 0 Å². The average Bonchev–Trinajstić information content (AvgIpc) is 3.98. The molecule has 0 saturated carbocycles. The van der Waals surface area contributed by atoms with Crippen LogP contribution in [0, 0.1) is 0 Å². The molecule has 0 bridgehead atoms. The van der Waals surface area contributed by atoms with Crippen LogP contribution in [-0.4, -0.2) is 68.2 Å². The standard InChI is InChI=1S/C62H41BN2O8/c1-70-59(66)38-16-8-34(9-17-38)42-24-26-52-46(28-42)48-30-44(36-12-20-40(21-13-36)61(68)72-3)32-50-57(48)64(52)54-6-5-7-55-56(54)63(50)51-33-45(37-14-22-41(23-15-37)62(69)73-4)31-49-47-29-43(25-27-53(47)65(55)58(49)51)35-10-18-39(19-11-35)60(67)71-2/h5-33H,1-4H3. The van der Waals surface area contributed by atoms with E-state index in [9.17, 15) is 19.2 Å². The number of fused-ring (bicyclic) bond motifs is 10. The summed E-state index contributed by atoms with van der Waals surface area (Å²) in [5, 5.41) is 4.28. The van der Waals surface area contributed by atoms with Gasteiger partial charge in [-0.1, -0.05) is 78.9 Å². The van der Waals surface area contributed by atoms with Crippen LogP contribution >= 0.6 is 0 Å². The molecule has 11 heteroatoms. The summed E-state index contributed by atoms with van der Waals surface area (Å²) < 4.78 is 25.0. The summed E-state index contributed by atoms with van der Waals surface area (Å²) in [5.41, 5.74) is 19.6. The molecule has 0 N–H and O–H groups in total. The molecule has 73 heavy (non-hydrogen) atoms. The van der Waals surface area contributed by atoms with Crippen LogP contribution in [0.3, 0.4) is 0 Å². The lowest BCUT2D eigenvalue weighted by Crippen LogP contribution is -2.59. The molecule has 9 aromatic carbocycles. The predicted molar refractivity (Wildman–Crippen MR) is 287 cm³/mol. The summed E-state index contributed by atoms with van der Waals surface area (Å²) in [5.74, 6) is -1.58. The third-order valence-electron chi connectivity index (χ3n) is 14.8. The highest BCUT2D eigenvalue weighted by Gasteiger charge is 2.41. The van der Waals surface area contributed by atoms with Gasteiger partial charge in [-0.05, 0) is 158 Å². The summed E-state index contributed by atoms with van der Waals surface area (Å²) in [7, 11) is 5.54. The van der Waals surface area contributed by atoms with Gasteiger partial charge in [0.2, 0.25) is 0 Å². The lowest BCUT2D eigenvalue weighted by atomic mass is 9.34. The molecule has 11 aromatic rings. The van der Waals surface area contributed by atoms with Gasteiger partial charge in [-0.2, -0.15) is 0 Å². The Morgan fingerprint density at radius 2 is 0.644 bits per heavy atom. The summed E-state index contributed by atoms with van der Waals surface area (Å²) >= 11 is 0. The Hall–Kier alpha value is -9.48. The van der Waals surface area contributed by atoms with Crippen molar-refractivity contribution in [2.75, 3.05) is 28.4 Å². The Bertz CT molecular complexity index is 3920. The topological polar surface area (TPSA) is 115 Å². The Morgan fingerprint density at radius 3 is 0.973 bits per heavy atom. The normalized spacial score (nSPS) is 12.0. The van der Waals surface area contributed by atoms with E-state index in [4.69, 9.17) is 18.9 Å². The highest BCUT2D eigenvalue weighted by Crippen LogP contribution is 2.43. The fourth-order valence-corrected chi connectivity index (χ4v) is 11.4. The zero-order valence-electron chi connectivity index (χ0n) is 40.0. The fraction of sp³-hybridized carbons (Fsp3) is 0.0645. The van der Waals surface area contributed by atoms with Crippen LogP contribution in [0.5, 0.6) is 0 Å². The minimum Gasteiger partial charge on any atom is -0.465 e. The van der Waals surface area contributed by atoms with Crippen molar-refractivity contribution in [3.63, 3.8) is 0 Å². The van der Waals surface area contributed by atoms with E-state index in [2.05, 4.69) is 88.0 Å². The lowest BCUT2D eigenvalue weighted by Gasteiger charge is -2.34. The maximum atomic E-state index is 12.6. The van der Waals surface area contributed by atoms with E-state index in [0.717, 1.165) is 110 Å². The quantitative estimate of drug-likeness (QED) is 0.0840. The van der Waals surface area contributed by atoms with E-state index < -0.39 is 11.9 Å². The molecule has 0 fully saturated rings. The molecular formula is C62H41BN2O8. The number of benzene rings is 9. The number of esters is 4. The van der Waals surface area contributed by atoms with Crippen LogP contribution in [-0.2, 0) is 18.9 Å². The van der Waals surface area contributed by atoms with Crippen LogP contribution in [0.15, 0.2) is 176 Å². The Labute approximate surface area is 418 Å². The third kappa shape index (κ3) is 6.58. The van der Waals surface area contributed by atoms with E-state index in [-0.39, 0.29) is 18.7 Å². The molecule has 0 saturated heterocycles. The molecular weight excluding hydrogens is 911 g/mol. The van der Waals surface area contributed by atoms with Gasteiger partial charge in [-0.15, -0.1) is 0 Å². The second-order valence-electron chi connectivity index (χ2n) is 18.5. The van der Waals surface area contributed by atoms with Crippen LogP contribution in [0.25, 0.3) is 99.5 Å². The van der Waals surface area contributed by atoms with Gasteiger partial charge >= 0.3 is 23.9 Å². The van der Waals surface area contributed by atoms with Crippen molar-refractivity contribution in [3.05, 3.63) is 198 Å². The molecule has 2 aliphatic heterocycles. The first-order valence-corrected chi connectivity index (χ1v) is 23.8. The number of hydrogen-bond donors (Lipinski definition) is 0. The Kier molecular flexibility index (Phi) is 9.88.